The zero-order valence-electron chi connectivity index (χ0n) is 12.9. The van der Waals surface area contributed by atoms with E-state index in [1.807, 2.05) is 19.9 Å². The minimum atomic E-state index is -1.07. The Labute approximate surface area is 119 Å². The van der Waals surface area contributed by atoms with Crippen LogP contribution in [0, 0.1) is 19.3 Å². The van der Waals surface area contributed by atoms with Crippen LogP contribution < -0.4 is 5.32 Å². The second kappa shape index (κ2) is 5.26. The number of carboxylic acid groups (broad SMARTS) is 1. The topological polar surface area (TPSA) is 84.2 Å². The maximum absolute atomic E-state index is 12.1. The van der Waals surface area contributed by atoms with E-state index < -0.39 is 16.9 Å². The molecule has 6 heteroatoms. The van der Waals surface area contributed by atoms with Gasteiger partial charge in [-0.1, -0.05) is 0 Å². The number of rotatable bonds is 5. The van der Waals surface area contributed by atoms with E-state index in [9.17, 15) is 14.7 Å². The zero-order chi connectivity index (χ0) is 15.7. The summed E-state index contributed by atoms with van der Waals surface area (Å²) < 4.78 is 1.61. The average molecular weight is 281 g/mol. The van der Waals surface area contributed by atoms with Crippen LogP contribution in [0.1, 0.15) is 39.1 Å². The van der Waals surface area contributed by atoms with Crippen LogP contribution in [0.5, 0.6) is 0 Å². The molecule has 6 nitrogen and oxygen atoms in total. The summed E-state index contributed by atoms with van der Waals surface area (Å²) in [6.07, 6.45) is 0. The van der Waals surface area contributed by atoms with E-state index in [-0.39, 0.29) is 12.5 Å². The molecule has 1 rings (SSSR count). The molecule has 112 valence electrons. The fourth-order valence-corrected chi connectivity index (χ4v) is 1.78. The Balaban J connectivity index is 2.80. The van der Waals surface area contributed by atoms with Gasteiger partial charge < -0.3 is 10.4 Å². The molecule has 0 bridgehead atoms. The normalized spacial score (nSPS) is 12.3. The Hall–Kier alpha value is -1.85. The lowest BCUT2D eigenvalue weighted by Crippen LogP contribution is -2.57. The summed E-state index contributed by atoms with van der Waals surface area (Å²) in [7, 11) is 0. The monoisotopic (exact) mass is 281 g/mol. The summed E-state index contributed by atoms with van der Waals surface area (Å²) in [4.78, 5) is 23.4. The number of nitrogens with zero attached hydrogens (tertiary/aromatic N) is 2. The molecule has 0 unspecified atom stereocenters. The molecule has 20 heavy (non-hydrogen) atoms. The number of hydrogen-bond donors (Lipinski definition) is 2. The molecule has 0 fully saturated rings. The lowest BCUT2D eigenvalue weighted by molar-refractivity contribution is -0.151. The molecule has 1 aromatic heterocycles. The molecule has 2 N–H and O–H groups in total. The Morgan fingerprint density at radius 3 is 2.25 bits per heavy atom. The highest BCUT2D eigenvalue weighted by Gasteiger charge is 2.44. The van der Waals surface area contributed by atoms with Crippen LogP contribution in [-0.2, 0) is 16.1 Å². The first-order chi connectivity index (χ1) is 8.97. The minimum absolute atomic E-state index is 0.0821. The molecule has 0 spiro atoms. The van der Waals surface area contributed by atoms with Gasteiger partial charge in [0.1, 0.15) is 6.54 Å². The third-order valence-electron chi connectivity index (χ3n) is 3.95. The summed E-state index contributed by atoms with van der Waals surface area (Å²) in [5, 5.41) is 16.3. The summed E-state index contributed by atoms with van der Waals surface area (Å²) in [6.45, 7) is 10.4. The Morgan fingerprint density at radius 1 is 1.30 bits per heavy atom. The molecule has 0 aliphatic heterocycles. The predicted octanol–water partition coefficient (Wildman–Crippen LogP) is 1.51. The summed E-state index contributed by atoms with van der Waals surface area (Å²) in [5.41, 5.74) is -0.197. The van der Waals surface area contributed by atoms with Gasteiger partial charge in [0.2, 0.25) is 5.91 Å². The van der Waals surface area contributed by atoms with Crippen molar-refractivity contribution in [3.63, 3.8) is 0 Å². The van der Waals surface area contributed by atoms with Gasteiger partial charge in [-0.2, -0.15) is 5.10 Å². The van der Waals surface area contributed by atoms with Gasteiger partial charge in [0, 0.05) is 5.69 Å². The smallest absolute Gasteiger partial charge is 0.311 e. The number of carbonyl (C=O) groups excluding carboxylic acids is 1. The Bertz CT molecular complexity index is 530. The first-order valence-corrected chi connectivity index (χ1v) is 6.53. The van der Waals surface area contributed by atoms with E-state index in [4.69, 9.17) is 0 Å². The summed E-state index contributed by atoms with van der Waals surface area (Å²) in [6, 6.07) is 1.89. The molecule has 0 saturated heterocycles. The molecular weight excluding hydrogens is 258 g/mol. The van der Waals surface area contributed by atoms with Crippen LogP contribution in [0.25, 0.3) is 0 Å². The molecule has 0 saturated carbocycles. The molecule has 1 heterocycles. The molecule has 0 radical (unpaired) electrons. The van der Waals surface area contributed by atoms with E-state index in [1.54, 1.807) is 32.4 Å². The molecule has 1 aromatic rings. The number of carboxylic acids is 1. The van der Waals surface area contributed by atoms with Crippen LogP contribution in [0.2, 0.25) is 0 Å². The quantitative estimate of drug-likeness (QED) is 0.856. The molecule has 0 aromatic carbocycles. The maximum Gasteiger partial charge on any atom is 0.311 e. The van der Waals surface area contributed by atoms with Crippen LogP contribution in [0.15, 0.2) is 6.07 Å². The van der Waals surface area contributed by atoms with Gasteiger partial charge in [-0.15, -0.1) is 0 Å². The second-order valence-corrected chi connectivity index (χ2v) is 6.19. The van der Waals surface area contributed by atoms with E-state index in [1.165, 1.54) is 0 Å². The van der Waals surface area contributed by atoms with Crippen LogP contribution in [0.4, 0.5) is 0 Å². The lowest BCUT2D eigenvalue weighted by Gasteiger charge is -2.38. The van der Waals surface area contributed by atoms with Crippen molar-refractivity contribution in [1.29, 1.82) is 0 Å². The third kappa shape index (κ3) is 3.18. The van der Waals surface area contributed by atoms with Crippen LogP contribution in [0.3, 0.4) is 0 Å². The van der Waals surface area contributed by atoms with Crippen molar-refractivity contribution < 1.29 is 14.7 Å². The van der Waals surface area contributed by atoms with Crippen molar-refractivity contribution in [2.45, 2.75) is 53.6 Å². The standard InChI is InChI=1S/C14H23N3O3/c1-9-7-10(2)17(16-9)8-11(18)15-14(5,6)13(3,4)12(19)20/h7H,8H2,1-6H3,(H,15,18)(H,19,20). The number of hydrogen-bond acceptors (Lipinski definition) is 3. The van der Waals surface area contributed by atoms with E-state index >= 15 is 0 Å². The molecule has 0 atom stereocenters. The molecule has 0 aliphatic rings. The summed E-state index contributed by atoms with van der Waals surface area (Å²) in [5.74, 6) is -1.20. The van der Waals surface area contributed by atoms with Crippen LogP contribution in [-0.4, -0.2) is 32.3 Å². The van der Waals surface area contributed by atoms with Gasteiger partial charge in [-0.05, 0) is 47.6 Å². The highest BCUT2D eigenvalue weighted by molar-refractivity contribution is 5.80. The maximum atomic E-state index is 12.1. The number of carbonyl (C=O) groups is 2. The molecule has 0 aliphatic carbocycles. The van der Waals surface area contributed by atoms with Gasteiger partial charge in [0.15, 0.2) is 0 Å². The van der Waals surface area contributed by atoms with Crippen LogP contribution >= 0.6 is 0 Å². The predicted molar refractivity (Wildman–Crippen MR) is 75.3 cm³/mol. The third-order valence-corrected chi connectivity index (χ3v) is 3.95. The van der Waals surface area contributed by atoms with E-state index in [0.29, 0.717) is 0 Å². The number of aryl methyl sites for hydroxylation is 2. The van der Waals surface area contributed by atoms with Crippen molar-refractivity contribution in [2.24, 2.45) is 5.41 Å². The fourth-order valence-electron chi connectivity index (χ4n) is 1.78. The van der Waals surface area contributed by atoms with E-state index in [0.717, 1.165) is 11.4 Å². The zero-order valence-corrected chi connectivity index (χ0v) is 12.9. The van der Waals surface area contributed by atoms with E-state index in [2.05, 4.69) is 10.4 Å². The van der Waals surface area contributed by atoms with Crippen molar-refractivity contribution in [1.82, 2.24) is 15.1 Å². The number of aliphatic carboxylic acids is 1. The highest BCUT2D eigenvalue weighted by atomic mass is 16.4. The van der Waals surface area contributed by atoms with Crippen molar-refractivity contribution in [2.75, 3.05) is 0 Å². The Kier molecular flexibility index (Phi) is 4.27. The van der Waals surface area contributed by atoms with Gasteiger partial charge in [-0.3, -0.25) is 14.3 Å². The van der Waals surface area contributed by atoms with Crippen molar-refractivity contribution >= 4 is 11.9 Å². The van der Waals surface area contributed by atoms with Gasteiger partial charge in [-0.25, -0.2) is 0 Å². The number of aromatic nitrogens is 2. The fraction of sp³-hybridized carbons (Fsp3) is 0.643. The largest absolute Gasteiger partial charge is 0.481 e. The Morgan fingerprint density at radius 2 is 1.85 bits per heavy atom. The van der Waals surface area contributed by atoms with Gasteiger partial charge >= 0.3 is 5.97 Å². The second-order valence-electron chi connectivity index (χ2n) is 6.19. The number of amides is 1. The van der Waals surface area contributed by atoms with Gasteiger partial charge in [0.05, 0.1) is 16.6 Å². The molecular formula is C14H23N3O3. The number of nitrogens with one attached hydrogen (secondary N) is 1. The SMILES string of the molecule is Cc1cc(C)n(CC(=O)NC(C)(C)C(C)(C)C(=O)O)n1. The lowest BCUT2D eigenvalue weighted by atomic mass is 9.74. The summed E-state index contributed by atoms with van der Waals surface area (Å²) >= 11 is 0. The van der Waals surface area contributed by atoms with Gasteiger partial charge in [0.25, 0.3) is 0 Å². The minimum Gasteiger partial charge on any atom is -0.481 e. The highest BCUT2D eigenvalue weighted by Crippen LogP contribution is 2.30. The molecule has 1 amide bonds. The first kappa shape index (κ1) is 16.2. The van der Waals surface area contributed by atoms with Crippen molar-refractivity contribution in [3.8, 4) is 0 Å². The first-order valence-electron chi connectivity index (χ1n) is 6.53. The average Bonchev–Trinajstić information content (AvgIpc) is 2.55. The van der Waals surface area contributed by atoms with Crippen molar-refractivity contribution in [3.05, 3.63) is 17.5 Å².